The summed E-state index contributed by atoms with van der Waals surface area (Å²) in [5.41, 5.74) is 0.711. The Morgan fingerprint density at radius 3 is 2.60 bits per heavy atom. The monoisotopic (exact) mass is 349 g/mol. The van der Waals surface area contributed by atoms with Crippen LogP contribution in [0, 0.1) is 11.8 Å². The Bertz CT molecular complexity index is 529. The first-order valence-electron chi connectivity index (χ1n) is 9.47. The lowest BCUT2D eigenvalue weighted by molar-refractivity contribution is -0.131. The molecular weight excluding hydrogens is 318 g/mol. The first kappa shape index (κ1) is 18.6. The van der Waals surface area contributed by atoms with Crippen LogP contribution in [0.3, 0.4) is 0 Å². The molecule has 2 N–H and O–H groups in total. The maximum Gasteiger partial charge on any atom is 0.119 e. The fourth-order valence-corrected chi connectivity index (χ4v) is 4.28. The molecule has 5 heteroatoms. The zero-order chi connectivity index (χ0) is 17.7. The van der Waals surface area contributed by atoms with E-state index in [1.165, 1.54) is 5.56 Å². The highest BCUT2D eigenvalue weighted by atomic mass is 16.5. The molecule has 2 aliphatic heterocycles. The van der Waals surface area contributed by atoms with E-state index in [0.29, 0.717) is 12.5 Å². The topological polar surface area (TPSA) is 62.2 Å². The Morgan fingerprint density at radius 2 is 1.96 bits per heavy atom. The van der Waals surface area contributed by atoms with E-state index in [1.54, 1.807) is 0 Å². The molecule has 1 aromatic carbocycles. The molecule has 0 amide bonds. The largest absolute Gasteiger partial charge is 0.491 e. The highest BCUT2D eigenvalue weighted by molar-refractivity contribution is 5.27. The molecule has 0 aliphatic carbocycles. The molecule has 0 saturated carbocycles. The lowest BCUT2D eigenvalue weighted by Gasteiger charge is -2.48. The van der Waals surface area contributed by atoms with E-state index in [1.807, 2.05) is 12.1 Å². The van der Waals surface area contributed by atoms with Crippen molar-refractivity contribution >= 4 is 0 Å². The van der Waals surface area contributed by atoms with Gasteiger partial charge in [-0.3, -0.25) is 4.90 Å². The number of benzene rings is 1. The third kappa shape index (κ3) is 4.53. The average molecular weight is 349 g/mol. The molecule has 140 valence electrons. The fraction of sp³-hybridized carbons (Fsp3) is 0.700. The van der Waals surface area contributed by atoms with Crippen molar-refractivity contribution in [2.45, 2.75) is 38.3 Å². The second-order valence-corrected chi connectivity index (χ2v) is 7.48. The molecule has 0 radical (unpaired) electrons. The standard InChI is InChI=1S/C20H31NO4/c1-16-14-21(9-8-20(16,23)18-6-11-24-12-7-18)15-17-2-4-19(5-3-17)25-13-10-22/h2-5,16,18,22-23H,6-15H2,1H3/t16-,20+/m1/s1. The molecule has 0 spiro atoms. The minimum Gasteiger partial charge on any atom is -0.491 e. The minimum atomic E-state index is -0.539. The Labute approximate surface area is 150 Å². The first-order chi connectivity index (χ1) is 12.1. The van der Waals surface area contributed by atoms with E-state index in [9.17, 15) is 5.11 Å². The third-order valence-electron chi connectivity index (χ3n) is 5.83. The van der Waals surface area contributed by atoms with Gasteiger partial charge in [-0.05, 0) is 48.8 Å². The number of hydrogen-bond donors (Lipinski definition) is 2. The van der Waals surface area contributed by atoms with Crippen LogP contribution in [0.2, 0.25) is 0 Å². The molecular formula is C20H31NO4. The van der Waals surface area contributed by atoms with Gasteiger partial charge < -0.3 is 19.7 Å². The van der Waals surface area contributed by atoms with Gasteiger partial charge in [0, 0.05) is 32.8 Å². The number of ether oxygens (including phenoxy) is 2. The van der Waals surface area contributed by atoms with Crippen LogP contribution in [0.15, 0.2) is 24.3 Å². The number of likely N-dealkylation sites (tertiary alicyclic amines) is 1. The van der Waals surface area contributed by atoms with Gasteiger partial charge in [0.1, 0.15) is 12.4 Å². The summed E-state index contributed by atoms with van der Waals surface area (Å²) in [5.74, 6) is 1.44. The quantitative estimate of drug-likeness (QED) is 0.823. The summed E-state index contributed by atoms with van der Waals surface area (Å²) in [4.78, 5) is 2.43. The van der Waals surface area contributed by atoms with Crippen LogP contribution in [0.4, 0.5) is 0 Å². The summed E-state index contributed by atoms with van der Waals surface area (Å²) >= 11 is 0. The zero-order valence-corrected chi connectivity index (χ0v) is 15.2. The summed E-state index contributed by atoms with van der Waals surface area (Å²) in [6, 6.07) is 8.07. The van der Waals surface area contributed by atoms with Crippen molar-refractivity contribution in [2.24, 2.45) is 11.8 Å². The van der Waals surface area contributed by atoms with Gasteiger partial charge in [0.25, 0.3) is 0 Å². The molecule has 2 fully saturated rings. The van der Waals surface area contributed by atoms with Crippen molar-refractivity contribution in [1.82, 2.24) is 4.90 Å². The highest BCUT2D eigenvalue weighted by Gasteiger charge is 2.45. The average Bonchev–Trinajstić information content (AvgIpc) is 2.65. The van der Waals surface area contributed by atoms with E-state index in [4.69, 9.17) is 14.6 Å². The molecule has 1 aromatic rings. The van der Waals surface area contributed by atoms with Crippen LogP contribution in [0.25, 0.3) is 0 Å². The van der Waals surface area contributed by atoms with Gasteiger partial charge in [0.2, 0.25) is 0 Å². The second-order valence-electron chi connectivity index (χ2n) is 7.48. The van der Waals surface area contributed by atoms with Gasteiger partial charge in [-0.25, -0.2) is 0 Å². The van der Waals surface area contributed by atoms with Gasteiger partial charge in [0.05, 0.1) is 12.2 Å². The van der Waals surface area contributed by atoms with Crippen LogP contribution < -0.4 is 4.74 Å². The summed E-state index contributed by atoms with van der Waals surface area (Å²) < 4.78 is 10.9. The van der Waals surface area contributed by atoms with Gasteiger partial charge in [-0.1, -0.05) is 19.1 Å². The lowest BCUT2D eigenvalue weighted by Crippen LogP contribution is -2.55. The van der Waals surface area contributed by atoms with Crippen LogP contribution in [-0.2, 0) is 11.3 Å². The molecule has 0 unspecified atom stereocenters. The van der Waals surface area contributed by atoms with Gasteiger partial charge >= 0.3 is 0 Å². The van der Waals surface area contributed by atoms with Crippen LogP contribution in [-0.4, -0.2) is 60.2 Å². The normalized spacial score (nSPS) is 28.8. The van der Waals surface area contributed by atoms with Crippen molar-refractivity contribution in [2.75, 3.05) is 39.5 Å². The first-order valence-corrected chi connectivity index (χ1v) is 9.47. The number of hydrogen-bond acceptors (Lipinski definition) is 5. The Balaban J connectivity index is 1.54. The van der Waals surface area contributed by atoms with E-state index in [2.05, 4.69) is 24.0 Å². The van der Waals surface area contributed by atoms with E-state index >= 15 is 0 Å². The third-order valence-corrected chi connectivity index (χ3v) is 5.83. The molecule has 2 saturated heterocycles. The van der Waals surface area contributed by atoms with E-state index in [-0.39, 0.29) is 12.5 Å². The summed E-state index contributed by atoms with van der Waals surface area (Å²) in [6.07, 6.45) is 2.81. The number of rotatable bonds is 6. The Kier molecular flexibility index (Phi) is 6.34. The minimum absolute atomic E-state index is 0.0312. The lowest BCUT2D eigenvalue weighted by atomic mass is 9.70. The number of piperidine rings is 1. The van der Waals surface area contributed by atoms with Crippen molar-refractivity contribution in [3.63, 3.8) is 0 Å². The number of aliphatic hydroxyl groups is 2. The van der Waals surface area contributed by atoms with Crippen molar-refractivity contribution in [3.8, 4) is 5.75 Å². The molecule has 3 rings (SSSR count). The van der Waals surface area contributed by atoms with Crippen molar-refractivity contribution in [3.05, 3.63) is 29.8 Å². The molecule has 0 aromatic heterocycles. The number of aliphatic hydroxyl groups excluding tert-OH is 1. The van der Waals surface area contributed by atoms with Gasteiger partial charge in [-0.2, -0.15) is 0 Å². The van der Waals surface area contributed by atoms with Crippen molar-refractivity contribution < 1.29 is 19.7 Å². The van der Waals surface area contributed by atoms with Crippen LogP contribution in [0.5, 0.6) is 5.75 Å². The number of nitrogens with zero attached hydrogens (tertiary/aromatic N) is 1. The van der Waals surface area contributed by atoms with Crippen LogP contribution in [0.1, 0.15) is 31.7 Å². The summed E-state index contributed by atoms with van der Waals surface area (Å²) in [6.45, 7) is 6.87. The van der Waals surface area contributed by atoms with Gasteiger partial charge in [-0.15, -0.1) is 0 Å². The van der Waals surface area contributed by atoms with Crippen LogP contribution >= 0.6 is 0 Å². The van der Waals surface area contributed by atoms with E-state index in [0.717, 1.165) is 57.9 Å². The summed E-state index contributed by atoms with van der Waals surface area (Å²) in [7, 11) is 0. The maximum absolute atomic E-state index is 11.2. The maximum atomic E-state index is 11.2. The zero-order valence-electron chi connectivity index (χ0n) is 15.2. The molecule has 2 heterocycles. The van der Waals surface area contributed by atoms with Gasteiger partial charge in [0.15, 0.2) is 0 Å². The molecule has 0 bridgehead atoms. The molecule has 5 nitrogen and oxygen atoms in total. The predicted octanol–water partition coefficient (Wildman–Crippen LogP) is 2.06. The Morgan fingerprint density at radius 1 is 1.24 bits per heavy atom. The van der Waals surface area contributed by atoms with Crippen molar-refractivity contribution in [1.29, 1.82) is 0 Å². The molecule has 2 atom stereocenters. The molecule has 2 aliphatic rings. The highest BCUT2D eigenvalue weighted by Crippen LogP contribution is 2.39. The second kappa shape index (κ2) is 8.49. The SMILES string of the molecule is C[C@@H]1CN(Cc2ccc(OCCO)cc2)CC[C@@]1(O)C1CCOCC1. The predicted molar refractivity (Wildman–Crippen MR) is 96.6 cm³/mol. The summed E-state index contributed by atoms with van der Waals surface area (Å²) in [5, 5.41) is 20.0. The Hall–Kier alpha value is -1.14. The smallest absolute Gasteiger partial charge is 0.119 e. The fourth-order valence-electron chi connectivity index (χ4n) is 4.28. The molecule has 25 heavy (non-hydrogen) atoms. The van der Waals surface area contributed by atoms with E-state index < -0.39 is 5.60 Å².